The summed E-state index contributed by atoms with van der Waals surface area (Å²) in [6.07, 6.45) is 7.27. The van der Waals surface area contributed by atoms with Crippen molar-refractivity contribution < 1.29 is 0 Å². The first kappa shape index (κ1) is 10.1. The van der Waals surface area contributed by atoms with Gasteiger partial charge in [-0.3, -0.25) is 0 Å². The highest BCUT2D eigenvalue weighted by Gasteiger charge is 2.26. The van der Waals surface area contributed by atoms with E-state index in [4.69, 9.17) is 5.26 Å². The smallest absolute Gasteiger partial charge is 0.0912 e. The molecule has 0 N–H and O–H groups in total. The van der Waals surface area contributed by atoms with E-state index in [0.717, 1.165) is 0 Å². The molecule has 0 heterocycles. The van der Waals surface area contributed by atoms with Crippen molar-refractivity contribution in [3.63, 3.8) is 0 Å². The van der Waals surface area contributed by atoms with Crippen LogP contribution in [0.15, 0.2) is 23.3 Å². The maximum absolute atomic E-state index is 8.49. The SMILES string of the molecule is CC1=C(/C=C\C#N)C(C)(C)CCC1. The predicted molar refractivity (Wildman–Crippen MR) is 55.1 cm³/mol. The Morgan fingerprint density at radius 3 is 2.69 bits per heavy atom. The van der Waals surface area contributed by atoms with Crippen LogP contribution < -0.4 is 0 Å². The monoisotopic (exact) mass is 175 g/mol. The molecule has 0 spiro atoms. The molecule has 1 nitrogen and oxygen atoms in total. The molecule has 0 unspecified atom stereocenters. The molecule has 0 aromatic rings. The Labute approximate surface area is 80.8 Å². The third-order valence-electron chi connectivity index (χ3n) is 2.87. The molecule has 1 heteroatoms. The molecular formula is C12H17N. The van der Waals surface area contributed by atoms with Crippen molar-refractivity contribution in [3.8, 4) is 6.07 Å². The minimum Gasteiger partial charge on any atom is -0.193 e. The van der Waals surface area contributed by atoms with Gasteiger partial charge in [0.25, 0.3) is 0 Å². The van der Waals surface area contributed by atoms with Crippen LogP contribution in [0.3, 0.4) is 0 Å². The molecule has 0 aliphatic heterocycles. The van der Waals surface area contributed by atoms with E-state index in [2.05, 4.69) is 26.8 Å². The van der Waals surface area contributed by atoms with Gasteiger partial charge in [-0.2, -0.15) is 5.26 Å². The molecule has 0 fully saturated rings. The molecule has 0 amide bonds. The fraction of sp³-hybridized carbons (Fsp3) is 0.583. The Hall–Kier alpha value is -1.03. The number of nitrogens with zero attached hydrogens (tertiary/aromatic N) is 1. The Bertz CT molecular complexity index is 287. The molecule has 0 aromatic carbocycles. The highest BCUT2D eigenvalue weighted by atomic mass is 14.3. The molecule has 0 bridgehead atoms. The predicted octanol–water partition coefficient (Wildman–Crippen LogP) is 3.59. The summed E-state index contributed by atoms with van der Waals surface area (Å²) in [6, 6.07) is 2.06. The van der Waals surface area contributed by atoms with Crippen molar-refractivity contribution in [3.05, 3.63) is 23.3 Å². The summed E-state index contributed by atoms with van der Waals surface area (Å²) in [4.78, 5) is 0. The van der Waals surface area contributed by atoms with E-state index in [-0.39, 0.29) is 5.41 Å². The summed E-state index contributed by atoms with van der Waals surface area (Å²) in [6.45, 7) is 6.69. The van der Waals surface area contributed by atoms with Gasteiger partial charge >= 0.3 is 0 Å². The molecule has 1 rings (SSSR count). The van der Waals surface area contributed by atoms with Crippen molar-refractivity contribution in [1.29, 1.82) is 5.26 Å². The number of nitriles is 1. The number of rotatable bonds is 1. The molecule has 1 aliphatic carbocycles. The minimum atomic E-state index is 0.260. The van der Waals surface area contributed by atoms with Crippen LogP contribution in [0.4, 0.5) is 0 Å². The van der Waals surface area contributed by atoms with Crippen LogP contribution in [0.1, 0.15) is 40.0 Å². The van der Waals surface area contributed by atoms with Crippen molar-refractivity contribution in [2.24, 2.45) is 5.41 Å². The van der Waals surface area contributed by atoms with Crippen molar-refractivity contribution in [2.75, 3.05) is 0 Å². The molecule has 13 heavy (non-hydrogen) atoms. The fourth-order valence-electron chi connectivity index (χ4n) is 2.13. The third-order valence-corrected chi connectivity index (χ3v) is 2.87. The zero-order valence-corrected chi connectivity index (χ0v) is 8.72. The zero-order chi connectivity index (χ0) is 9.90. The van der Waals surface area contributed by atoms with Gasteiger partial charge in [0, 0.05) is 6.08 Å². The Balaban J connectivity index is 3.00. The van der Waals surface area contributed by atoms with Gasteiger partial charge < -0.3 is 0 Å². The first-order valence-electron chi connectivity index (χ1n) is 4.84. The molecular weight excluding hydrogens is 158 g/mol. The van der Waals surface area contributed by atoms with Crippen LogP contribution >= 0.6 is 0 Å². The maximum Gasteiger partial charge on any atom is 0.0912 e. The van der Waals surface area contributed by atoms with Crippen molar-refractivity contribution in [2.45, 2.75) is 40.0 Å². The molecule has 70 valence electrons. The Morgan fingerprint density at radius 1 is 1.46 bits per heavy atom. The van der Waals surface area contributed by atoms with E-state index in [1.165, 1.54) is 30.4 Å². The average Bonchev–Trinajstić information content (AvgIpc) is 2.02. The normalized spacial score (nSPS) is 22.0. The van der Waals surface area contributed by atoms with Gasteiger partial charge in [0.2, 0.25) is 0 Å². The molecule has 0 radical (unpaired) electrons. The van der Waals surface area contributed by atoms with Crippen LogP contribution in [0.25, 0.3) is 0 Å². The van der Waals surface area contributed by atoms with Crippen LogP contribution in [-0.2, 0) is 0 Å². The molecule has 0 saturated carbocycles. The standard InChI is InChI=1S/C12H17N/c1-10-6-4-8-12(2,3)11(10)7-5-9-13/h5,7H,4,6,8H2,1-3H3/b7-5-. The quantitative estimate of drug-likeness (QED) is 0.559. The van der Waals surface area contributed by atoms with E-state index >= 15 is 0 Å². The topological polar surface area (TPSA) is 23.8 Å². The average molecular weight is 175 g/mol. The largest absolute Gasteiger partial charge is 0.193 e. The van der Waals surface area contributed by atoms with E-state index in [1.807, 2.05) is 6.08 Å². The first-order chi connectivity index (χ1) is 6.08. The highest BCUT2D eigenvalue weighted by molar-refractivity contribution is 5.34. The number of hydrogen-bond acceptors (Lipinski definition) is 1. The molecule has 0 aromatic heterocycles. The lowest BCUT2D eigenvalue weighted by molar-refractivity contribution is 0.377. The molecule has 1 aliphatic rings. The maximum atomic E-state index is 8.49. The second-order valence-electron chi connectivity index (χ2n) is 4.39. The summed E-state index contributed by atoms with van der Waals surface area (Å²) in [5, 5.41) is 8.49. The van der Waals surface area contributed by atoms with Gasteiger partial charge in [0.05, 0.1) is 6.07 Å². The Morgan fingerprint density at radius 2 is 2.15 bits per heavy atom. The zero-order valence-electron chi connectivity index (χ0n) is 8.72. The molecule has 0 saturated heterocycles. The highest BCUT2D eigenvalue weighted by Crippen LogP contribution is 2.40. The van der Waals surface area contributed by atoms with E-state index < -0.39 is 0 Å². The Kier molecular flexibility index (Phi) is 2.93. The third kappa shape index (κ3) is 2.21. The van der Waals surface area contributed by atoms with Gasteiger partial charge in [-0.05, 0) is 43.3 Å². The number of allylic oxidation sites excluding steroid dienone is 4. The van der Waals surface area contributed by atoms with Crippen LogP contribution in [0.5, 0.6) is 0 Å². The van der Waals surface area contributed by atoms with Gasteiger partial charge in [-0.25, -0.2) is 0 Å². The van der Waals surface area contributed by atoms with Crippen molar-refractivity contribution >= 4 is 0 Å². The lowest BCUT2D eigenvalue weighted by Gasteiger charge is -2.32. The van der Waals surface area contributed by atoms with Crippen LogP contribution in [-0.4, -0.2) is 0 Å². The second-order valence-corrected chi connectivity index (χ2v) is 4.39. The summed E-state index contributed by atoms with van der Waals surface area (Å²) in [5.74, 6) is 0. The van der Waals surface area contributed by atoms with E-state index in [1.54, 1.807) is 6.08 Å². The lowest BCUT2D eigenvalue weighted by Crippen LogP contribution is -2.18. The molecule has 0 atom stereocenters. The lowest BCUT2D eigenvalue weighted by atomic mass is 9.73. The van der Waals surface area contributed by atoms with Crippen LogP contribution in [0, 0.1) is 16.7 Å². The van der Waals surface area contributed by atoms with Crippen molar-refractivity contribution in [1.82, 2.24) is 0 Å². The summed E-state index contributed by atoms with van der Waals surface area (Å²) in [5.41, 5.74) is 3.07. The van der Waals surface area contributed by atoms with Gasteiger partial charge in [-0.1, -0.05) is 19.4 Å². The van der Waals surface area contributed by atoms with Crippen LogP contribution in [0.2, 0.25) is 0 Å². The van der Waals surface area contributed by atoms with Gasteiger partial charge in [0.1, 0.15) is 0 Å². The number of hydrogen-bond donors (Lipinski definition) is 0. The summed E-state index contributed by atoms with van der Waals surface area (Å²) < 4.78 is 0. The van der Waals surface area contributed by atoms with E-state index in [0.29, 0.717) is 0 Å². The first-order valence-corrected chi connectivity index (χ1v) is 4.84. The van der Waals surface area contributed by atoms with Gasteiger partial charge in [-0.15, -0.1) is 0 Å². The summed E-state index contributed by atoms with van der Waals surface area (Å²) >= 11 is 0. The fourth-order valence-corrected chi connectivity index (χ4v) is 2.13. The minimum absolute atomic E-state index is 0.260. The van der Waals surface area contributed by atoms with Gasteiger partial charge in [0.15, 0.2) is 0 Å². The second kappa shape index (κ2) is 3.79. The summed E-state index contributed by atoms with van der Waals surface area (Å²) in [7, 11) is 0. The van der Waals surface area contributed by atoms with E-state index in [9.17, 15) is 0 Å².